The molecule has 1 N–H and O–H groups in total. The molecular weight excluding hydrogens is 386 g/mol. The van der Waals surface area contributed by atoms with E-state index in [4.69, 9.17) is 9.15 Å². The lowest BCUT2D eigenvalue weighted by Crippen LogP contribution is -2.22. The van der Waals surface area contributed by atoms with Crippen LogP contribution in [0.25, 0.3) is 22.2 Å². The molecule has 0 saturated carbocycles. The van der Waals surface area contributed by atoms with Crippen molar-refractivity contribution in [2.24, 2.45) is 0 Å². The first-order valence-electron chi connectivity index (χ1n) is 9.08. The van der Waals surface area contributed by atoms with E-state index in [2.05, 4.69) is 15.5 Å². The first kappa shape index (κ1) is 19.0. The van der Waals surface area contributed by atoms with Gasteiger partial charge in [-0.15, -0.1) is 10.2 Å². The van der Waals surface area contributed by atoms with Crippen LogP contribution in [-0.2, 0) is 4.79 Å². The van der Waals surface area contributed by atoms with E-state index in [0.717, 1.165) is 16.5 Å². The zero-order valence-corrected chi connectivity index (χ0v) is 16.8. The number of nitrogens with zero attached hydrogens (tertiary/aromatic N) is 2. The van der Waals surface area contributed by atoms with Crippen molar-refractivity contribution in [2.75, 3.05) is 12.4 Å². The normalized spacial score (nSPS) is 11.9. The van der Waals surface area contributed by atoms with Crippen molar-refractivity contribution < 1.29 is 13.9 Å². The van der Waals surface area contributed by atoms with E-state index >= 15 is 0 Å². The Morgan fingerprint density at radius 2 is 1.79 bits per heavy atom. The van der Waals surface area contributed by atoms with E-state index in [1.54, 1.807) is 14.0 Å². The maximum atomic E-state index is 12.7. The second-order valence-corrected chi connectivity index (χ2v) is 7.64. The lowest BCUT2D eigenvalue weighted by Gasteiger charge is -2.12. The van der Waals surface area contributed by atoms with Crippen LogP contribution in [0.15, 0.2) is 76.4 Å². The van der Waals surface area contributed by atoms with Gasteiger partial charge in [0.1, 0.15) is 5.75 Å². The molecule has 1 unspecified atom stereocenters. The number of carbonyl (C=O) groups excluding carboxylic acids is 1. The highest BCUT2D eigenvalue weighted by atomic mass is 32.2. The lowest BCUT2D eigenvalue weighted by atomic mass is 10.1. The SMILES string of the molecule is COc1ccccc1-c1nnc(SC(C)C(=O)Nc2cccc3ccccc23)o1. The van der Waals surface area contributed by atoms with Crippen LogP contribution in [0.3, 0.4) is 0 Å². The second kappa shape index (κ2) is 8.36. The summed E-state index contributed by atoms with van der Waals surface area (Å²) in [7, 11) is 1.59. The number of rotatable bonds is 6. The van der Waals surface area contributed by atoms with Crippen LogP contribution in [0, 0.1) is 0 Å². The zero-order chi connectivity index (χ0) is 20.2. The third-order valence-electron chi connectivity index (χ3n) is 4.44. The minimum Gasteiger partial charge on any atom is -0.496 e. The maximum absolute atomic E-state index is 12.7. The minimum atomic E-state index is -0.417. The molecule has 7 heteroatoms. The van der Waals surface area contributed by atoms with Gasteiger partial charge < -0.3 is 14.5 Å². The van der Waals surface area contributed by atoms with E-state index in [1.807, 2.05) is 66.7 Å². The molecule has 0 radical (unpaired) electrons. The number of thioether (sulfide) groups is 1. The number of aromatic nitrogens is 2. The van der Waals surface area contributed by atoms with E-state index in [-0.39, 0.29) is 5.91 Å². The number of benzene rings is 3. The quantitative estimate of drug-likeness (QED) is 0.454. The molecule has 0 bridgehead atoms. The molecule has 1 atom stereocenters. The van der Waals surface area contributed by atoms with Crippen molar-refractivity contribution in [1.29, 1.82) is 0 Å². The molecule has 1 heterocycles. The van der Waals surface area contributed by atoms with Gasteiger partial charge in [-0.25, -0.2) is 0 Å². The summed E-state index contributed by atoms with van der Waals surface area (Å²) in [5.74, 6) is 0.865. The number of carbonyl (C=O) groups is 1. The monoisotopic (exact) mass is 405 g/mol. The topological polar surface area (TPSA) is 77.2 Å². The Kier molecular flexibility index (Phi) is 5.48. The Balaban J connectivity index is 1.47. The number of ether oxygens (including phenoxy) is 1. The molecule has 0 fully saturated rings. The van der Waals surface area contributed by atoms with Gasteiger partial charge in [-0.2, -0.15) is 0 Å². The summed E-state index contributed by atoms with van der Waals surface area (Å²) >= 11 is 1.21. The molecule has 1 amide bonds. The highest BCUT2D eigenvalue weighted by Gasteiger charge is 2.20. The molecule has 0 aliphatic heterocycles. The molecule has 6 nitrogen and oxygen atoms in total. The highest BCUT2D eigenvalue weighted by Crippen LogP contribution is 2.32. The summed E-state index contributed by atoms with van der Waals surface area (Å²) in [5, 5.41) is 13.1. The number of fused-ring (bicyclic) bond motifs is 1. The maximum Gasteiger partial charge on any atom is 0.277 e. The third kappa shape index (κ3) is 4.09. The summed E-state index contributed by atoms with van der Waals surface area (Å²) in [6, 6.07) is 21.2. The van der Waals surface area contributed by atoms with Gasteiger partial charge in [0.2, 0.25) is 5.91 Å². The predicted molar refractivity (Wildman–Crippen MR) is 114 cm³/mol. The van der Waals surface area contributed by atoms with Crippen molar-refractivity contribution in [1.82, 2.24) is 10.2 Å². The summed E-state index contributed by atoms with van der Waals surface area (Å²) in [6.07, 6.45) is 0. The summed E-state index contributed by atoms with van der Waals surface area (Å²) in [6.45, 7) is 1.80. The van der Waals surface area contributed by atoms with Crippen LogP contribution in [0.5, 0.6) is 5.75 Å². The molecule has 29 heavy (non-hydrogen) atoms. The molecule has 0 aliphatic carbocycles. The number of nitrogens with one attached hydrogen (secondary N) is 1. The van der Waals surface area contributed by atoms with Crippen molar-refractivity contribution in [3.8, 4) is 17.2 Å². The van der Waals surface area contributed by atoms with Gasteiger partial charge in [-0.05, 0) is 30.5 Å². The van der Waals surface area contributed by atoms with Crippen molar-refractivity contribution in [3.63, 3.8) is 0 Å². The standard InChI is InChI=1S/C22H19N3O3S/c1-14(20(26)23-18-12-7-9-15-8-3-4-10-16(15)18)29-22-25-24-21(28-22)17-11-5-6-13-19(17)27-2/h3-14H,1-2H3,(H,23,26). The van der Waals surface area contributed by atoms with Crippen molar-refractivity contribution in [3.05, 3.63) is 66.7 Å². The zero-order valence-electron chi connectivity index (χ0n) is 16.0. The average molecular weight is 405 g/mol. The van der Waals surface area contributed by atoms with Crippen LogP contribution in [0.2, 0.25) is 0 Å². The third-order valence-corrected chi connectivity index (χ3v) is 5.37. The molecule has 4 rings (SSSR count). The largest absolute Gasteiger partial charge is 0.496 e. The second-order valence-electron chi connectivity index (χ2n) is 6.35. The molecule has 1 aromatic heterocycles. The smallest absolute Gasteiger partial charge is 0.277 e. The van der Waals surface area contributed by atoms with Crippen LogP contribution in [0.1, 0.15) is 6.92 Å². The number of hydrogen-bond donors (Lipinski definition) is 1. The van der Waals surface area contributed by atoms with Gasteiger partial charge in [-0.1, -0.05) is 60.3 Å². The van der Waals surface area contributed by atoms with E-state index in [9.17, 15) is 4.79 Å². The number of para-hydroxylation sites is 1. The predicted octanol–water partition coefficient (Wildman–Crippen LogP) is 5.02. The number of methoxy groups -OCH3 is 1. The van der Waals surface area contributed by atoms with Crippen molar-refractivity contribution in [2.45, 2.75) is 17.4 Å². The number of amides is 1. The Morgan fingerprint density at radius 3 is 2.66 bits per heavy atom. The molecule has 4 aromatic rings. The lowest BCUT2D eigenvalue weighted by molar-refractivity contribution is -0.115. The van der Waals surface area contributed by atoms with Gasteiger partial charge >= 0.3 is 0 Å². The van der Waals surface area contributed by atoms with Gasteiger partial charge in [0.05, 0.1) is 17.9 Å². The first-order chi connectivity index (χ1) is 14.2. The van der Waals surface area contributed by atoms with Crippen LogP contribution in [-0.4, -0.2) is 28.5 Å². The molecule has 0 spiro atoms. The fourth-order valence-corrected chi connectivity index (χ4v) is 3.64. The van der Waals surface area contributed by atoms with E-state index in [0.29, 0.717) is 22.4 Å². The van der Waals surface area contributed by atoms with Gasteiger partial charge in [0.15, 0.2) is 0 Å². The summed E-state index contributed by atoms with van der Waals surface area (Å²) in [4.78, 5) is 12.7. The first-order valence-corrected chi connectivity index (χ1v) is 9.96. The Bertz CT molecular complexity index is 1150. The number of hydrogen-bond acceptors (Lipinski definition) is 6. The van der Waals surface area contributed by atoms with Crippen LogP contribution in [0.4, 0.5) is 5.69 Å². The molecule has 0 aliphatic rings. The molecule has 3 aromatic carbocycles. The molecule has 146 valence electrons. The van der Waals surface area contributed by atoms with Gasteiger partial charge in [0.25, 0.3) is 11.1 Å². The van der Waals surface area contributed by atoms with Crippen molar-refractivity contribution >= 4 is 34.1 Å². The Morgan fingerprint density at radius 1 is 1.03 bits per heavy atom. The van der Waals surface area contributed by atoms with Gasteiger partial charge in [-0.3, -0.25) is 4.79 Å². The molecular formula is C22H19N3O3S. The van der Waals surface area contributed by atoms with E-state index in [1.165, 1.54) is 11.8 Å². The fraction of sp³-hybridized carbons (Fsp3) is 0.136. The van der Waals surface area contributed by atoms with Crippen LogP contribution >= 0.6 is 11.8 Å². The molecule has 0 saturated heterocycles. The van der Waals surface area contributed by atoms with Crippen LogP contribution < -0.4 is 10.1 Å². The average Bonchev–Trinajstić information content (AvgIpc) is 3.22. The summed E-state index contributed by atoms with van der Waals surface area (Å²) in [5.41, 5.74) is 1.49. The highest BCUT2D eigenvalue weighted by molar-refractivity contribution is 8.00. The van der Waals surface area contributed by atoms with Gasteiger partial charge in [0, 0.05) is 11.1 Å². The fourth-order valence-electron chi connectivity index (χ4n) is 2.96. The Hall–Kier alpha value is -3.32. The van der Waals surface area contributed by atoms with E-state index < -0.39 is 5.25 Å². The Labute approximate surface area is 172 Å². The minimum absolute atomic E-state index is 0.136. The summed E-state index contributed by atoms with van der Waals surface area (Å²) < 4.78 is 11.1. The number of anilines is 1.